The highest BCUT2D eigenvalue weighted by molar-refractivity contribution is 5.94. The molecule has 1 aromatic rings. The molecule has 4 nitrogen and oxygen atoms in total. The first-order valence-electron chi connectivity index (χ1n) is 8.29. The summed E-state index contributed by atoms with van der Waals surface area (Å²) < 4.78 is 5.11. The Morgan fingerprint density at radius 1 is 1.14 bits per heavy atom. The Labute approximate surface area is 135 Å². The van der Waals surface area contributed by atoms with Gasteiger partial charge in [-0.2, -0.15) is 0 Å². The van der Waals surface area contributed by atoms with E-state index in [-0.39, 0.29) is 5.91 Å². The predicted octanol–water partition coefficient (Wildman–Crippen LogP) is 2.97. The van der Waals surface area contributed by atoms with Crippen LogP contribution < -0.4 is 5.32 Å². The van der Waals surface area contributed by atoms with Crippen LogP contribution in [-0.4, -0.2) is 50.7 Å². The van der Waals surface area contributed by atoms with Crippen LogP contribution in [0.5, 0.6) is 0 Å². The van der Waals surface area contributed by atoms with Crippen LogP contribution in [0.4, 0.5) is 0 Å². The number of carbonyl (C=O) groups is 1. The lowest BCUT2D eigenvalue weighted by molar-refractivity contribution is 0.0956. The van der Waals surface area contributed by atoms with Crippen molar-refractivity contribution in [3.05, 3.63) is 35.4 Å². The van der Waals surface area contributed by atoms with Crippen LogP contribution in [0.15, 0.2) is 24.3 Å². The Bertz CT molecular complexity index is 391. The Morgan fingerprint density at radius 3 is 2.27 bits per heavy atom. The monoisotopic (exact) mass is 308 g/mol. The number of carbonyl (C=O) groups excluding carboxylic acids is 1. The van der Waals surface area contributed by atoms with Crippen LogP contribution in [-0.2, 0) is 11.2 Å². The van der Waals surface area contributed by atoms with E-state index >= 15 is 0 Å². The molecule has 0 aliphatic carbocycles. The van der Waals surface area contributed by atoms with E-state index in [9.17, 15) is 4.79 Å². The largest absolute Gasteiger partial charge is 0.383 e. The van der Waals surface area contributed by atoms with Crippen LogP contribution in [0.3, 0.4) is 0 Å². The van der Waals surface area contributed by atoms with Gasteiger partial charge in [0.1, 0.15) is 0 Å². The second kappa shape index (κ2) is 13.3. The zero-order valence-corrected chi connectivity index (χ0v) is 14.8. The molecule has 126 valence electrons. The minimum absolute atomic E-state index is 0.00525. The van der Waals surface area contributed by atoms with Crippen molar-refractivity contribution < 1.29 is 9.53 Å². The number of likely N-dealkylation sites (N-methyl/N-ethyl adjacent to an activating group) is 1. The Morgan fingerprint density at radius 2 is 1.77 bits per heavy atom. The molecule has 1 N–H and O–H groups in total. The maximum absolute atomic E-state index is 11.7. The highest BCUT2D eigenvalue weighted by atomic mass is 16.5. The lowest BCUT2D eigenvalue weighted by Crippen LogP contribution is -2.29. The number of nitrogens with zero attached hydrogens (tertiary/aromatic N) is 1. The maximum Gasteiger partial charge on any atom is 0.251 e. The Balaban J connectivity index is 0.00000211. The Kier molecular flexibility index (Phi) is 12.4. The van der Waals surface area contributed by atoms with Crippen molar-refractivity contribution in [2.45, 2.75) is 34.1 Å². The van der Waals surface area contributed by atoms with Gasteiger partial charge in [-0.15, -0.1) is 0 Å². The van der Waals surface area contributed by atoms with Crippen molar-refractivity contribution in [1.29, 1.82) is 0 Å². The van der Waals surface area contributed by atoms with Gasteiger partial charge in [0.2, 0.25) is 0 Å². The summed E-state index contributed by atoms with van der Waals surface area (Å²) in [5.74, 6) is -0.00525. The Hall–Kier alpha value is -1.39. The number of benzene rings is 1. The summed E-state index contributed by atoms with van der Waals surface area (Å²) in [4.78, 5) is 14.0. The second-order valence-corrected chi connectivity index (χ2v) is 4.73. The van der Waals surface area contributed by atoms with Crippen molar-refractivity contribution in [3.8, 4) is 0 Å². The molecule has 0 heterocycles. The molecule has 0 aliphatic rings. The maximum atomic E-state index is 11.7. The molecule has 1 aromatic carbocycles. The summed E-state index contributed by atoms with van der Waals surface area (Å²) in [5.41, 5.74) is 1.98. The van der Waals surface area contributed by atoms with Crippen molar-refractivity contribution in [3.63, 3.8) is 0 Å². The molecule has 4 heteroatoms. The zero-order valence-electron chi connectivity index (χ0n) is 14.8. The number of rotatable bonds is 9. The molecule has 0 saturated carbocycles. The molecule has 0 saturated heterocycles. The number of hydrogen-bond acceptors (Lipinski definition) is 3. The summed E-state index contributed by atoms with van der Waals surface area (Å²) in [6, 6.07) is 7.86. The molecule has 0 radical (unpaired) electrons. The van der Waals surface area contributed by atoms with Gasteiger partial charge >= 0.3 is 0 Å². The first-order chi connectivity index (χ1) is 10.7. The SMILES string of the molecule is CC.CCNC(=O)c1ccc(CCN(CC)CCOC)cc1. The van der Waals surface area contributed by atoms with Crippen molar-refractivity contribution >= 4 is 5.91 Å². The first-order valence-corrected chi connectivity index (χ1v) is 8.29. The molecule has 0 bridgehead atoms. The van der Waals surface area contributed by atoms with Gasteiger partial charge in [-0.25, -0.2) is 0 Å². The molecular formula is C18H32N2O2. The number of ether oxygens (including phenoxy) is 1. The van der Waals surface area contributed by atoms with Gasteiger partial charge in [-0.05, 0) is 37.6 Å². The molecule has 0 fully saturated rings. The predicted molar refractivity (Wildman–Crippen MR) is 93.5 cm³/mol. The third kappa shape index (κ3) is 8.15. The molecule has 0 atom stereocenters. The summed E-state index contributed by atoms with van der Waals surface area (Å²) in [5, 5.41) is 2.80. The van der Waals surface area contributed by atoms with Gasteiger partial charge in [0.15, 0.2) is 0 Å². The van der Waals surface area contributed by atoms with E-state index in [0.717, 1.165) is 38.2 Å². The van der Waals surface area contributed by atoms with E-state index < -0.39 is 0 Å². The van der Waals surface area contributed by atoms with Crippen LogP contribution in [0.2, 0.25) is 0 Å². The van der Waals surface area contributed by atoms with Gasteiger partial charge in [-0.1, -0.05) is 32.9 Å². The molecule has 0 unspecified atom stereocenters. The minimum Gasteiger partial charge on any atom is -0.383 e. The van der Waals surface area contributed by atoms with Crippen molar-refractivity contribution in [2.75, 3.05) is 39.9 Å². The first kappa shape index (κ1) is 20.6. The third-order valence-corrected chi connectivity index (χ3v) is 3.33. The molecule has 0 aliphatic heterocycles. The van der Waals surface area contributed by atoms with E-state index in [2.05, 4.69) is 17.1 Å². The van der Waals surface area contributed by atoms with Crippen LogP contribution >= 0.6 is 0 Å². The third-order valence-electron chi connectivity index (χ3n) is 3.33. The van der Waals surface area contributed by atoms with E-state index in [0.29, 0.717) is 6.54 Å². The number of methoxy groups -OCH3 is 1. The summed E-state index contributed by atoms with van der Waals surface area (Å²) in [6.07, 6.45) is 0.993. The summed E-state index contributed by atoms with van der Waals surface area (Å²) in [7, 11) is 1.73. The highest BCUT2D eigenvalue weighted by Gasteiger charge is 2.05. The van der Waals surface area contributed by atoms with Gasteiger partial charge in [0.25, 0.3) is 5.91 Å². The van der Waals surface area contributed by atoms with Crippen molar-refractivity contribution in [1.82, 2.24) is 10.2 Å². The standard InChI is InChI=1S/C16H26N2O2.C2H6/c1-4-17-16(19)15-8-6-14(7-9-15)10-11-18(5-2)12-13-20-3;1-2/h6-9H,4-5,10-13H2,1-3H3,(H,17,19);1-2H3. The molecular weight excluding hydrogens is 276 g/mol. The fourth-order valence-corrected chi connectivity index (χ4v) is 2.02. The van der Waals surface area contributed by atoms with E-state index in [1.165, 1.54) is 5.56 Å². The molecule has 22 heavy (non-hydrogen) atoms. The molecule has 1 rings (SSSR count). The lowest BCUT2D eigenvalue weighted by atomic mass is 10.1. The quantitative estimate of drug-likeness (QED) is 0.762. The topological polar surface area (TPSA) is 41.6 Å². The molecule has 0 aromatic heterocycles. The van der Waals surface area contributed by atoms with Gasteiger partial charge in [0.05, 0.1) is 6.61 Å². The average molecular weight is 308 g/mol. The fourth-order valence-electron chi connectivity index (χ4n) is 2.02. The number of nitrogens with one attached hydrogen (secondary N) is 1. The smallest absolute Gasteiger partial charge is 0.251 e. The van der Waals surface area contributed by atoms with Crippen molar-refractivity contribution in [2.24, 2.45) is 0 Å². The van der Waals surface area contributed by atoms with Crippen LogP contribution in [0.25, 0.3) is 0 Å². The molecule has 0 spiro atoms. The fraction of sp³-hybridized carbons (Fsp3) is 0.611. The second-order valence-electron chi connectivity index (χ2n) is 4.73. The highest BCUT2D eigenvalue weighted by Crippen LogP contribution is 2.06. The van der Waals surface area contributed by atoms with Crippen LogP contribution in [0.1, 0.15) is 43.6 Å². The number of amides is 1. The van der Waals surface area contributed by atoms with E-state index in [1.807, 2.05) is 45.0 Å². The summed E-state index contributed by atoms with van der Waals surface area (Å²) >= 11 is 0. The minimum atomic E-state index is -0.00525. The normalized spacial score (nSPS) is 10.1. The van der Waals surface area contributed by atoms with Gasteiger partial charge < -0.3 is 15.0 Å². The van der Waals surface area contributed by atoms with Crippen LogP contribution in [0, 0.1) is 0 Å². The van der Waals surface area contributed by atoms with Gasteiger partial charge in [0, 0.05) is 32.3 Å². The zero-order chi connectivity index (χ0) is 16.8. The van der Waals surface area contributed by atoms with Gasteiger partial charge in [-0.3, -0.25) is 4.79 Å². The molecule has 1 amide bonds. The van der Waals surface area contributed by atoms with E-state index in [1.54, 1.807) is 7.11 Å². The summed E-state index contributed by atoms with van der Waals surface area (Å²) in [6.45, 7) is 12.5. The number of hydrogen-bond donors (Lipinski definition) is 1. The lowest BCUT2D eigenvalue weighted by Gasteiger charge is -2.19. The average Bonchev–Trinajstić information content (AvgIpc) is 2.57. The van der Waals surface area contributed by atoms with E-state index in [4.69, 9.17) is 4.74 Å².